The van der Waals surface area contributed by atoms with Gasteiger partial charge in [-0.2, -0.15) is 0 Å². The van der Waals surface area contributed by atoms with E-state index in [9.17, 15) is 9.18 Å². The van der Waals surface area contributed by atoms with Crippen LogP contribution in [0.3, 0.4) is 0 Å². The van der Waals surface area contributed by atoms with Crippen LogP contribution in [0.5, 0.6) is 0 Å². The number of rotatable bonds is 7. The standard InChI is InChI=1S/C20H26FN3O.ClH/c1-4-24(5-2)17-10-11-19(15(3)14-17)23-20(25)22-13-12-16-8-6-7-9-18(16)21;/h6-11,14H,4-5,12-13H2,1-3H3,(H2,22,23,25);1H/p-1. The van der Waals surface area contributed by atoms with Crippen molar-refractivity contribution in [2.45, 2.75) is 27.2 Å². The van der Waals surface area contributed by atoms with Crippen molar-refractivity contribution in [1.82, 2.24) is 5.32 Å². The maximum atomic E-state index is 13.5. The number of nitrogens with one attached hydrogen (secondary N) is 2. The lowest BCUT2D eigenvalue weighted by Crippen LogP contribution is -3.00. The summed E-state index contributed by atoms with van der Waals surface area (Å²) in [6.07, 6.45) is 0.458. The Labute approximate surface area is 161 Å². The molecule has 2 aromatic carbocycles. The first-order valence-corrected chi connectivity index (χ1v) is 8.69. The number of benzene rings is 2. The van der Waals surface area contributed by atoms with Gasteiger partial charge < -0.3 is 27.9 Å². The summed E-state index contributed by atoms with van der Waals surface area (Å²) in [5.74, 6) is -0.243. The molecule has 0 saturated heterocycles. The maximum Gasteiger partial charge on any atom is 0.319 e. The fourth-order valence-corrected chi connectivity index (χ4v) is 2.75. The van der Waals surface area contributed by atoms with Crippen LogP contribution >= 0.6 is 0 Å². The first-order valence-electron chi connectivity index (χ1n) is 8.69. The molecule has 2 amide bonds. The van der Waals surface area contributed by atoms with Crippen LogP contribution < -0.4 is 27.9 Å². The largest absolute Gasteiger partial charge is 1.00 e. The molecule has 26 heavy (non-hydrogen) atoms. The van der Waals surface area contributed by atoms with Crippen LogP contribution in [0.2, 0.25) is 0 Å². The first kappa shape index (κ1) is 21.8. The third-order valence-corrected chi connectivity index (χ3v) is 4.22. The summed E-state index contributed by atoms with van der Waals surface area (Å²) in [6, 6.07) is 12.3. The zero-order chi connectivity index (χ0) is 18.2. The molecule has 0 aliphatic heterocycles. The van der Waals surface area contributed by atoms with E-state index in [1.807, 2.05) is 19.1 Å². The molecule has 0 unspecified atom stereocenters. The number of carbonyl (C=O) groups excluding carboxylic acids is 1. The lowest BCUT2D eigenvalue weighted by molar-refractivity contribution is -0.00000895. The lowest BCUT2D eigenvalue weighted by atomic mass is 10.1. The quantitative estimate of drug-likeness (QED) is 0.764. The second-order valence-corrected chi connectivity index (χ2v) is 5.89. The Hall–Kier alpha value is -2.27. The lowest BCUT2D eigenvalue weighted by Gasteiger charge is -2.22. The topological polar surface area (TPSA) is 44.4 Å². The average molecular weight is 379 g/mol. The molecule has 6 heteroatoms. The van der Waals surface area contributed by atoms with Crippen molar-refractivity contribution in [1.29, 1.82) is 0 Å². The Morgan fingerprint density at radius 3 is 2.42 bits per heavy atom. The Morgan fingerprint density at radius 1 is 1.12 bits per heavy atom. The molecule has 0 aliphatic rings. The number of urea groups is 1. The molecule has 4 nitrogen and oxygen atoms in total. The van der Waals surface area contributed by atoms with E-state index < -0.39 is 0 Å². The molecule has 0 heterocycles. The number of anilines is 2. The summed E-state index contributed by atoms with van der Waals surface area (Å²) in [5, 5.41) is 5.62. The molecule has 0 fully saturated rings. The SMILES string of the molecule is CCN(CC)c1ccc(NC(=O)NCCc2ccccc2F)c(C)c1.[Cl-]. The van der Waals surface area contributed by atoms with E-state index in [0.29, 0.717) is 18.5 Å². The summed E-state index contributed by atoms with van der Waals surface area (Å²) >= 11 is 0. The molecular weight excluding hydrogens is 353 g/mol. The summed E-state index contributed by atoms with van der Waals surface area (Å²) in [5.41, 5.74) is 3.53. The number of amides is 2. The highest BCUT2D eigenvalue weighted by Gasteiger charge is 2.08. The number of hydrogen-bond acceptors (Lipinski definition) is 2. The van der Waals surface area contributed by atoms with E-state index in [0.717, 1.165) is 30.0 Å². The second-order valence-electron chi connectivity index (χ2n) is 5.89. The van der Waals surface area contributed by atoms with Crippen LogP contribution in [-0.4, -0.2) is 25.7 Å². The number of carbonyl (C=O) groups is 1. The summed E-state index contributed by atoms with van der Waals surface area (Å²) < 4.78 is 13.5. The van der Waals surface area contributed by atoms with E-state index in [4.69, 9.17) is 0 Å². The number of aryl methyl sites for hydroxylation is 1. The van der Waals surface area contributed by atoms with Crippen molar-refractivity contribution < 1.29 is 21.6 Å². The zero-order valence-corrected chi connectivity index (χ0v) is 16.2. The molecule has 2 aromatic rings. The van der Waals surface area contributed by atoms with Crippen LogP contribution in [0, 0.1) is 12.7 Å². The summed E-state index contributed by atoms with van der Waals surface area (Å²) in [4.78, 5) is 14.3. The molecule has 0 spiro atoms. The van der Waals surface area contributed by atoms with Gasteiger partial charge in [-0.25, -0.2) is 9.18 Å². The molecule has 2 rings (SSSR count). The molecular formula is C20H26ClFN3O-. The highest BCUT2D eigenvalue weighted by atomic mass is 35.5. The molecule has 0 aliphatic carbocycles. The van der Waals surface area contributed by atoms with Gasteiger partial charge in [0.2, 0.25) is 0 Å². The Kier molecular flexibility index (Phi) is 8.93. The second kappa shape index (κ2) is 10.7. The third kappa shape index (κ3) is 5.92. The van der Waals surface area contributed by atoms with E-state index in [1.54, 1.807) is 18.2 Å². The van der Waals surface area contributed by atoms with E-state index in [2.05, 4.69) is 35.4 Å². The molecule has 0 aromatic heterocycles. The van der Waals surface area contributed by atoms with Gasteiger partial charge >= 0.3 is 6.03 Å². The van der Waals surface area contributed by atoms with Crippen LogP contribution in [0.1, 0.15) is 25.0 Å². The molecule has 0 atom stereocenters. The molecule has 0 bridgehead atoms. The predicted octanol–water partition coefficient (Wildman–Crippen LogP) is 1.35. The minimum absolute atomic E-state index is 0. The summed E-state index contributed by atoms with van der Waals surface area (Å²) in [7, 11) is 0. The van der Waals surface area contributed by atoms with Crippen LogP contribution in [-0.2, 0) is 6.42 Å². The van der Waals surface area contributed by atoms with Crippen LogP contribution in [0.15, 0.2) is 42.5 Å². The number of halogens is 2. The maximum absolute atomic E-state index is 13.5. The third-order valence-electron chi connectivity index (χ3n) is 4.22. The fraction of sp³-hybridized carbons (Fsp3) is 0.350. The monoisotopic (exact) mass is 378 g/mol. The van der Waals surface area contributed by atoms with Crippen molar-refractivity contribution in [2.24, 2.45) is 0 Å². The Morgan fingerprint density at radius 2 is 1.81 bits per heavy atom. The van der Waals surface area contributed by atoms with Crippen LogP contribution in [0.4, 0.5) is 20.6 Å². The van der Waals surface area contributed by atoms with Gasteiger partial charge in [-0.1, -0.05) is 18.2 Å². The van der Waals surface area contributed by atoms with Crippen molar-refractivity contribution in [2.75, 3.05) is 29.9 Å². The fourth-order valence-electron chi connectivity index (χ4n) is 2.75. The summed E-state index contributed by atoms with van der Waals surface area (Å²) in [6.45, 7) is 8.48. The predicted molar refractivity (Wildman–Crippen MR) is 102 cm³/mol. The van der Waals surface area contributed by atoms with Gasteiger partial charge in [-0.05, 0) is 62.6 Å². The van der Waals surface area contributed by atoms with E-state index >= 15 is 0 Å². The minimum Gasteiger partial charge on any atom is -1.00 e. The van der Waals surface area contributed by atoms with Crippen molar-refractivity contribution in [3.8, 4) is 0 Å². The average Bonchev–Trinajstić information content (AvgIpc) is 2.60. The number of nitrogens with zero attached hydrogens (tertiary/aromatic N) is 1. The van der Waals surface area contributed by atoms with Gasteiger partial charge in [0.25, 0.3) is 0 Å². The smallest absolute Gasteiger partial charge is 0.319 e. The van der Waals surface area contributed by atoms with Crippen molar-refractivity contribution in [3.05, 3.63) is 59.4 Å². The normalized spacial score (nSPS) is 10.0. The van der Waals surface area contributed by atoms with Gasteiger partial charge in [0.05, 0.1) is 0 Å². The zero-order valence-electron chi connectivity index (χ0n) is 15.5. The number of hydrogen-bond donors (Lipinski definition) is 2. The molecule has 0 saturated carbocycles. The molecule has 2 N–H and O–H groups in total. The van der Waals surface area contributed by atoms with Gasteiger partial charge in [-0.3, -0.25) is 0 Å². The van der Waals surface area contributed by atoms with Gasteiger partial charge in [-0.15, -0.1) is 0 Å². The van der Waals surface area contributed by atoms with Crippen molar-refractivity contribution in [3.63, 3.8) is 0 Å². The minimum atomic E-state index is -0.282. The van der Waals surface area contributed by atoms with Gasteiger partial charge in [0, 0.05) is 31.0 Å². The Bertz CT molecular complexity index is 720. The van der Waals surface area contributed by atoms with Gasteiger partial charge in [0.1, 0.15) is 5.82 Å². The highest BCUT2D eigenvalue weighted by molar-refractivity contribution is 5.90. The van der Waals surface area contributed by atoms with Crippen molar-refractivity contribution >= 4 is 17.4 Å². The highest BCUT2D eigenvalue weighted by Crippen LogP contribution is 2.22. The van der Waals surface area contributed by atoms with E-state index in [-0.39, 0.29) is 24.3 Å². The van der Waals surface area contributed by atoms with E-state index in [1.165, 1.54) is 6.07 Å². The Balaban J connectivity index is 0.00000338. The molecule has 0 radical (unpaired) electrons. The molecule has 142 valence electrons. The van der Waals surface area contributed by atoms with Crippen LogP contribution in [0.25, 0.3) is 0 Å². The first-order chi connectivity index (χ1) is 12.0. The van der Waals surface area contributed by atoms with Gasteiger partial charge in [0.15, 0.2) is 0 Å².